The third kappa shape index (κ3) is 2.90. The van der Waals surface area contributed by atoms with Crippen LogP contribution in [0.4, 0.5) is 5.95 Å². The first-order valence-electron chi connectivity index (χ1n) is 5.73. The zero-order valence-corrected chi connectivity index (χ0v) is 12.4. The molecule has 112 valence electrons. The summed E-state index contributed by atoms with van der Waals surface area (Å²) in [7, 11) is -5.62. The van der Waals surface area contributed by atoms with Gasteiger partial charge in [0.1, 0.15) is 4.90 Å². The molecule has 3 N–H and O–H groups in total. The van der Waals surface area contributed by atoms with Crippen molar-refractivity contribution in [2.45, 2.75) is 17.4 Å². The average Bonchev–Trinajstić information content (AvgIpc) is 2.78. The first kappa shape index (κ1) is 15.1. The number of hydrogen-bond acceptors (Lipinski definition) is 8. The van der Waals surface area contributed by atoms with E-state index in [0.29, 0.717) is 6.42 Å². The SMILES string of the molecule is CN(C1CCS(=O)(=O)C1)S(=O)(=O)c1cnc(NN)nc1. The molecule has 1 aliphatic rings. The fourth-order valence-electron chi connectivity index (χ4n) is 1.95. The van der Waals surface area contributed by atoms with Crippen molar-refractivity contribution in [3.05, 3.63) is 12.4 Å². The minimum absolute atomic E-state index is 0.00403. The number of rotatable bonds is 4. The van der Waals surface area contributed by atoms with Gasteiger partial charge in [-0.1, -0.05) is 0 Å². The Labute approximate surface area is 117 Å². The van der Waals surface area contributed by atoms with Crippen LogP contribution in [0.5, 0.6) is 0 Å². The van der Waals surface area contributed by atoms with Crippen molar-refractivity contribution in [3.8, 4) is 0 Å². The van der Waals surface area contributed by atoms with E-state index in [1.54, 1.807) is 0 Å². The van der Waals surface area contributed by atoms with Crippen LogP contribution in [0, 0.1) is 0 Å². The summed E-state index contributed by atoms with van der Waals surface area (Å²) in [6, 6.07) is -0.558. The second kappa shape index (κ2) is 5.24. The van der Waals surface area contributed by atoms with Crippen molar-refractivity contribution in [2.24, 2.45) is 5.84 Å². The standard InChI is InChI=1S/C9H15N5O4S2/c1-14(7-2-3-19(15,16)6-7)20(17,18)8-4-11-9(13-10)12-5-8/h4-5,7H,2-3,6,10H2,1H3,(H,11,12,13). The van der Waals surface area contributed by atoms with Crippen LogP contribution in [0.1, 0.15) is 6.42 Å². The number of hydrazine groups is 1. The van der Waals surface area contributed by atoms with Gasteiger partial charge in [0.15, 0.2) is 9.84 Å². The average molecular weight is 321 g/mol. The Morgan fingerprint density at radius 2 is 2.00 bits per heavy atom. The molecule has 1 aromatic heterocycles. The van der Waals surface area contributed by atoms with Crippen LogP contribution in [0.2, 0.25) is 0 Å². The summed E-state index contributed by atoms with van der Waals surface area (Å²) in [6.07, 6.45) is 2.54. The maximum absolute atomic E-state index is 12.3. The highest BCUT2D eigenvalue weighted by Gasteiger charge is 2.36. The van der Waals surface area contributed by atoms with Crippen LogP contribution in [-0.4, -0.2) is 55.7 Å². The molecule has 1 fully saturated rings. The Morgan fingerprint density at radius 1 is 1.40 bits per heavy atom. The van der Waals surface area contributed by atoms with Gasteiger partial charge in [0.2, 0.25) is 16.0 Å². The van der Waals surface area contributed by atoms with E-state index < -0.39 is 25.9 Å². The van der Waals surface area contributed by atoms with E-state index in [1.807, 2.05) is 0 Å². The van der Waals surface area contributed by atoms with Gasteiger partial charge in [-0.25, -0.2) is 32.6 Å². The molecular formula is C9H15N5O4S2. The highest BCUT2D eigenvalue weighted by atomic mass is 32.2. The fourth-order valence-corrected chi connectivity index (χ4v) is 5.09. The molecule has 2 rings (SSSR count). The van der Waals surface area contributed by atoms with Crippen LogP contribution in [-0.2, 0) is 19.9 Å². The third-order valence-electron chi connectivity index (χ3n) is 3.16. The predicted octanol–water partition coefficient (Wildman–Crippen LogP) is -1.43. The number of aromatic nitrogens is 2. The molecule has 0 spiro atoms. The maximum Gasteiger partial charge on any atom is 0.246 e. The van der Waals surface area contributed by atoms with E-state index >= 15 is 0 Å². The molecule has 2 heterocycles. The maximum atomic E-state index is 12.3. The fraction of sp³-hybridized carbons (Fsp3) is 0.556. The summed E-state index contributed by atoms with van der Waals surface area (Å²) in [4.78, 5) is 7.35. The predicted molar refractivity (Wildman–Crippen MR) is 71.8 cm³/mol. The van der Waals surface area contributed by atoms with E-state index in [9.17, 15) is 16.8 Å². The zero-order valence-electron chi connectivity index (χ0n) is 10.7. The van der Waals surface area contributed by atoms with E-state index in [4.69, 9.17) is 5.84 Å². The topological polar surface area (TPSA) is 135 Å². The highest BCUT2D eigenvalue weighted by molar-refractivity contribution is 7.92. The normalized spacial score (nSPS) is 22.1. The van der Waals surface area contributed by atoms with Crippen LogP contribution < -0.4 is 11.3 Å². The molecular weight excluding hydrogens is 306 g/mol. The zero-order chi connectivity index (χ0) is 15.0. The Morgan fingerprint density at radius 3 is 2.45 bits per heavy atom. The summed E-state index contributed by atoms with van der Waals surface area (Å²) >= 11 is 0. The molecule has 1 unspecified atom stereocenters. The number of sulfone groups is 1. The molecule has 11 heteroatoms. The molecule has 0 aromatic carbocycles. The number of nitrogens with one attached hydrogen (secondary N) is 1. The number of hydrogen-bond donors (Lipinski definition) is 2. The van der Waals surface area contributed by atoms with Crippen molar-refractivity contribution in [2.75, 3.05) is 24.0 Å². The van der Waals surface area contributed by atoms with Gasteiger partial charge in [-0.15, -0.1) is 0 Å². The third-order valence-corrected chi connectivity index (χ3v) is 6.77. The molecule has 0 amide bonds. The summed E-state index contributed by atoms with van der Waals surface area (Å²) in [6.45, 7) is 0. The van der Waals surface area contributed by atoms with Crippen molar-refractivity contribution < 1.29 is 16.8 Å². The molecule has 0 saturated carbocycles. The lowest BCUT2D eigenvalue weighted by atomic mass is 10.3. The minimum Gasteiger partial charge on any atom is -0.292 e. The molecule has 1 aliphatic heterocycles. The molecule has 1 atom stereocenters. The second-order valence-corrected chi connectivity index (χ2v) is 8.69. The van der Waals surface area contributed by atoms with Gasteiger partial charge < -0.3 is 0 Å². The van der Waals surface area contributed by atoms with Crippen molar-refractivity contribution in [1.82, 2.24) is 14.3 Å². The van der Waals surface area contributed by atoms with Gasteiger partial charge in [-0.2, -0.15) is 4.31 Å². The van der Waals surface area contributed by atoms with Crippen molar-refractivity contribution >= 4 is 25.8 Å². The summed E-state index contributed by atoms with van der Waals surface area (Å²) < 4.78 is 48.6. The Kier molecular flexibility index (Phi) is 3.95. The van der Waals surface area contributed by atoms with Crippen molar-refractivity contribution in [1.29, 1.82) is 0 Å². The number of nitrogens with zero attached hydrogens (tertiary/aromatic N) is 3. The first-order valence-corrected chi connectivity index (χ1v) is 8.99. The number of sulfonamides is 1. The summed E-state index contributed by atoms with van der Waals surface area (Å²) in [5, 5.41) is 0. The van der Waals surface area contributed by atoms with Gasteiger partial charge in [-0.05, 0) is 6.42 Å². The molecule has 20 heavy (non-hydrogen) atoms. The number of nitrogen functional groups attached to an aromatic ring is 1. The molecule has 9 nitrogen and oxygen atoms in total. The molecule has 0 aliphatic carbocycles. The summed E-state index contributed by atoms with van der Waals surface area (Å²) in [5.41, 5.74) is 2.19. The van der Waals surface area contributed by atoms with E-state index in [1.165, 1.54) is 7.05 Å². The van der Waals surface area contributed by atoms with Crippen LogP contribution in [0.3, 0.4) is 0 Å². The van der Waals surface area contributed by atoms with Crippen LogP contribution in [0.25, 0.3) is 0 Å². The Bertz CT molecular complexity index is 686. The Balaban J connectivity index is 2.25. The molecule has 0 bridgehead atoms. The van der Waals surface area contributed by atoms with E-state index in [0.717, 1.165) is 16.7 Å². The molecule has 1 aromatic rings. The van der Waals surface area contributed by atoms with E-state index in [-0.39, 0.29) is 22.3 Å². The number of anilines is 1. The quantitative estimate of drug-likeness (QED) is 0.509. The van der Waals surface area contributed by atoms with Crippen LogP contribution >= 0.6 is 0 Å². The van der Waals surface area contributed by atoms with Gasteiger partial charge in [-0.3, -0.25) is 5.43 Å². The number of nitrogens with two attached hydrogens (primary N) is 1. The van der Waals surface area contributed by atoms with Gasteiger partial charge >= 0.3 is 0 Å². The Hall–Kier alpha value is -1.30. The smallest absolute Gasteiger partial charge is 0.246 e. The largest absolute Gasteiger partial charge is 0.292 e. The first-order chi connectivity index (χ1) is 9.26. The van der Waals surface area contributed by atoms with Gasteiger partial charge in [0, 0.05) is 13.1 Å². The van der Waals surface area contributed by atoms with Gasteiger partial charge in [0.05, 0.1) is 23.9 Å². The lowest BCUT2D eigenvalue weighted by Crippen LogP contribution is -2.37. The molecule has 0 radical (unpaired) electrons. The highest BCUT2D eigenvalue weighted by Crippen LogP contribution is 2.22. The lowest BCUT2D eigenvalue weighted by Gasteiger charge is -2.22. The van der Waals surface area contributed by atoms with E-state index in [2.05, 4.69) is 15.4 Å². The van der Waals surface area contributed by atoms with Gasteiger partial charge in [0.25, 0.3) is 0 Å². The molecule has 1 saturated heterocycles. The van der Waals surface area contributed by atoms with Crippen LogP contribution in [0.15, 0.2) is 17.3 Å². The van der Waals surface area contributed by atoms with Crippen molar-refractivity contribution in [3.63, 3.8) is 0 Å². The monoisotopic (exact) mass is 321 g/mol. The summed E-state index contributed by atoms with van der Waals surface area (Å²) in [5.74, 6) is 5.03. The second-order valence-electron chi connectivity index (χ2n) is 4.46. The lowest BCUT2D eigenvalue weighted by molar-refractivity contribution is 0.393. The minimum atomic E-state index is -3.82.